The van der Waals surface area contributed by atoms with Gasteiger partial charge in [-0.2, -0.15) is 0 Å². The van der Waals surface area contributed by atoms with Crippen molar-refractivity contribution < 1.29 is 17.6 Å². The number of carbonyl (C=O) groups excluding carboxylic acids is 1. The molecule has 1 amide bonds. The minimum Gasteiger partial charge on any atom is -0.368 e. The van der Waals surface area contributed by atoms with E-state index in [0.29, 0.717) is 31.2 Å². The van der Waals surface area contributed by atoms with Crippen LogP contribution in [0.15, 0.2) is 77.7 Å². The standard InChI is InChI=1S/C23H21ClFN3O3S/c24-17-4-3-5-19(16-17)27-12-14-28(15-13-27)23(29)21-6-1-2-7-22(21)26-32(30,31)20-10-8-18(25)9-11-20/h1-11,16,26H,12-15H2. The Balaban J connectivity index is 1.49. The van der Waals surface area contributed by atoms with Crippen LogP contribution in [0.4, 0.5) is 15.8 Å². The Morgan fingerprint density at radius 2 is 1.59 bits per heavy atom. The second-order valence-electron chi connectivity index (χ2n) is 7.36. The van der Waals surface area contributed by atoms with E-state index < -0.39 is 15.8 Å². The van der Waals surface area contributed by atoms with Gasteiger partial charge in [-0.25, -0.2) is 12.8 Å². The van der Waals surface area contributed by atoms with Crippen LogP contribution in [0.2, 0.25) is 5.02 Å². The number of hydrogen-bond donors (Lipinski definition) is 1. The molecule has 0 bridgehead atoms. The molecule has 0 aliphatic carbocycles. The van der Waals surface area contributed by atoms with E-state index in [1.807, 2.05) is 24.3 Å². The highest BCUT2D eigenvalue weighted by Crippen LogP contribution is 2.24. The maximum absolute atomic E-state index is 13.2. The Bertz CT molecular complexity index is 1230. The highest BCUT2D eigenvalue weighted by molar-refractivity contribution is 7.92. The lowest BCUT2D eigenvalue weighted by Gasteiger charge is -2.36. The van der Waals surface area contributed by atoms with Crippen molar-refractivity contribution >= 4 is 38.9 Å². The summed E-state index contributed by atoms with van der Waals surface area (Å²) >= 11 is 6.08. The third kappa shape index (κ3) is 4.87. The summed E-state index contributed by atoms with van der Waals surface area (Å²) in [7, 11) is -3.97. The monoisotopic (exact) mass is 473 g/mol. The van der Waals surface area contributed by atoms with Gasteiger partial charge in [-0.05, 0) is 54.6 Å². The summed E-state index contributed by atoms with van der Waals surface area (Å²) in [6, 6.07) is 18.5. The highest BCUT2D eigenvalue weighted by Gasteiger charge is 2.25. The molecule has 1 heterocycles. The molecule has 0 unspecified atom stereocenters. The molecule has 0 radical (unpaired) electrons. The lowest BCUT2D eigenvalue weighted by Crippen LogP contribution is -2.49. The Morgan fingerprint density at radius 1 is 0.906 bits per heavy atom. The zero-order chi connectivity index (χ0) is 22.7. The average molecular weight is 474 g/mol. The largest absolute Gasteiger partial charge is 0.368 e. The second-order valence-corrected chi connectivity index (χ2v) is 9.48. The molecule has 3 aromatic carbocycles. The van der Waals surface area contributed by atoms with Gasteiger partial charge < -0.3 is 9.80 Å². The Labute approximate surface area is 191 Å². The maximum atomic E-state index is 13.2. The summed E-state index contributed by atoms with van der Waals surface area (Å²) in [5.74, 6) is -0.787. The first-order valence-electron chi connectivity index (χ1n) is 10.0. The first-order chi connectivity index (χ1) is 15.3. The van der Waals surface area contributed by atoms with Gasteiger partial charge in [0, 0.05) is 36.9 Å². The molecule has 0 spiro atoms. The predicted octanol–water partition coefficient (Wildman–Crippen LogP) is 4.24. The van der Waals surface area contributed by atoms with Crippen LogP contribution in [-0.2, 0) is 10.0 Å². The number of para-hydroxylation sites is 1. The lowest BCUT2D eigenvalue weighted by molar-refractivity contribution is 0.0748. The smallest absolute Gasteiger partial charge is 0.261 e. The third-order valence-electron chi connectivity index (χ3n) is 5.27. The Morgan fingerprint density at radius 3 is 2.28 bits per heavy atom. The molecule has 4 rings (SSSR count). The van der Waals surface area contributed by atoms with E-state index in [1.165, 1.54) is 18.2 Å². The fourth-order valence-corrected chi connectivity index (χ4v) is 4.85. The normalized spacial score (nSPS) is 14.3. The number of benzene rings is 3. The number of rotatable bonds is 5. The number of carbonyl (C=O) groups is 1. The summed E-state index contributed by atoms with van der Waals surface area (Å²) in [6.45, 7) is 2.25. The molecular weight excluding hydrogens is 453 g/mol. The summed E-state index contributed by atoms with van der Waals surface area (Å²) < 4.78 is 41.0. The molecule has 166 valence electrons. The number of halogens is 2. The molecule has 0 atom stereocenters. The van der Waals surface area contributed by atoms with Gasteiger partial charge in [-0.3, -0.25) is 9.52 Å². The molecule has 1 fully saturated rings. The number of sulfonamides is 1. The van der Waals surface area contributed by atoms with Crippen molar-refractivity contribution in [2.45, 2.75) is 4.90 Å². The highest BCUT2D eigenvalue weighted by atomic mass is 35.5. The van der Waals surface area contributed by atoms with Crippen molar-refractivity contribution in [1.29, 1.82) is 0 Å². The van der Waals surface area contributed by atoms with E-state index in [0.717, 1.165) is 17.8 Å². The van der Waals surface area contributed by atoms with Gasteiger partial charge in [0.15, 0.2) is 0 Å². The Hall–Kier alpha value is -3.10. The van der Waals surface area contributed by atoms with Crippen LogP contribution >= 0.6 is 11.6 Å². The van der Waals surface area contributed by atoms with Crippen LogP contribution in [0.25, 0.3) is 0 Å². The molecule has 3 aromatic rings. The summed E-state index contributed by atoms with van der Waals surface area (Å²) in [4.78, 5) is 17.0. The fourth-order valence-electron chi connectivity index (χ4n) is 3.59. The van der Waals surface area contributed by atoms with Gasteiger partial charge in [-0.1, -0.05) is 29.8 Å². The van der Waals surface area contributed by atoms with Crippen LogP contribution in [0.1, 0.15) is 10.4 Å². The summed E-state index contributed by atoms with van der Waals surface area (Å²) in [5.41, 5.74) is 1.44. The van der Waals surface area contributed by atoms with E-state index in [-0.39, 0.29) is 22.1 Å². The van der Waals surface area contributed by atoms with Gasteiger partial charge in [0.25, 0.3) is 15.9 Å². The molecule has 0 aromatic heterocycles. The first kappa shape index (κ1) is 22.1. The summed E-state index contributed by atoms with van der Waals surface area (Å²) in [6.07, 6.45) is 0. The van der Waals surface area contributed by atoms with Crippen LogP contribution in [0.3, 0.4) is 0 Å². The van der Waals surface area contributed by atoms with Crippen molar-refractivity contribution in [3.05, 3.63) is 89.2 Å². The molecule has 32 heavy (non-hydrogen) atoms. The van der Waals surface area contributed by atoms with Crippen molar-refractivity contribution in [3.63, 3.8) is 0 Å². The van der Waals surface area contributed by atoms with Gasteiger partial charge in [0.1, 0.15) is 5.82 Å². The minimum atomic E-state index is -3.97. The lowest BCUT2D eigenvalue weighted by atomic mass is 10.1. The van der Waals surface area contributed by atoms with E-state index in [9.17, 15) is 17.6 Å². The number of nitrogens with one attached hydrogen (secondary N) is 1. The zero-order valence-corrected chi connectivity index (χ0v) is 18.6. The van der Waals surface area contributed by atoms with Crippen LogP contribution < -0.4 is 9.62 Å². The van der Waals surface area contributed by atoms with Crippen molar-refractivity contribution in [3.8, 4) is 0 Å². The predicted molar refractivity (Wildman–Crippen MR) is 123 cm³/mol. The first-order valence-corrected chi connectivity index (χ1v) is 11.9. The second kappa shape index (κ2) is 9.18. The van der Waals surface area contributed by atoms with Crippen LogP contribution in [0, 0.1) is 5.82 Å². The molecule has 1 N–H and O–H groups in total. The van der Waals surface area contributed by atoms with Gasteiger partial charge in [-0.15, -0.1) is 0 Å². The molecule has 1 saturated heterocycles. The fraction of sp³-hybridized carbons (Fsp3) is 0.174. The van der Waals surface area contributed by atoms with Crippen LogP contribution in [-0.4, -0.2) is 45.4 Å². The van der Waals surface area contributed by atoms with Gasteiger partial charge in [0.2, 0.25) is 0 Å². The van der Waals surface area contributed by atoms with E-state index in [1.54, 1.807) is 23.1 Å². The average Bonchev–Trinajstić information content (AvgIpc) is 2.79. The SMILES string of the molecule is O=C(c1ccccc1NS(=O)(=O)c1ccc(F)cc1)N1CCN(c2cccc(Cl)c2)CC1. The van der Waals surface area contributed by atoms with E-state index >= 15 is 0 Å². The minimum absolute atomic E-state index is 0.0868. The molecule has 6 nitrogen and oxygen atoms in total. The Kier molecular flexibility index (Phi) is 6.34. The third-order valence-corrected chi connectivity index (χ3v) is 6.88. The number of amides is 1. The topological polar surface area (TPSA) is 69.7 Å². The molecular formula is C23H21ClFN3O3S. The number of anilines is 2. The quantitative estimate of drug-likeness (QED) is 0.601. The van der Waals surface area contributed by atoms with Crippen LogP contribution in [0.5, 0.6) is 0 Å². The summed E-state index contributed by atoms with van der Waals surface area (Å²) in [5, 5.41) is 0.656. The molecule has 0 saturated carbocycles. The van der Waals surface area contributed by atoms with E-state index in [4.69, 9.17) is 11.6 Å². The maximum Gasteiger partial charge on any atom is 0.261 e. The van der Waals surface area contributed by atoms with E-state index in [2.05, 4.69) is 9.62 Å². The van der Waals surface area contributed by atoms with Gasteiger partial charge >= 0.3 is 0 Å². The number of nitrogens with zero attached hydrogens (tertiary/aromatic N) is 2. The van der Waals surface area contributed by atoms with Gasteiger partial charge in [0.05, 0.1) is 16.1 Å². The molecule has 1 aliphatic rings. The zero-order valence-electron chi connectivity index (χ0n) is 17.0. The van der Waals surface area contributed by atoms with Crippen molar-refractivity contribution in [1.82, 2.24) is 4.90 Å². The van der Waals surface area contributed by atoms with Crippen molar-refractivity contribution in [2.75, 3.05) is 35.8 Å². The number of piperazine rings is 1. The molecule has 1 aliphatic heterocycles. The number of hydrogen-bond acceptors (Lipinski definition) is 4. The molecule has 9 heteroatoms. The van der Waals surface area contributed by atoms with Crippen molar-refractivity contribution in [2.24, 2.45) is 0 Å².